The van der Waals surface area contributed by atoms with Crippen LogP contribution in [0.5, 0.6) is 5.75 Å². The summed E-state index contributed by atoms with van der Waals surface area (Å²) >= 11 is 12.0. The van der Waals surface area contributed by atoms with Crippen LogP contribution in [0.25, 0.3) is 0 Å². The van der Waals surface area contributed by atoms with Gasteiger partial charge < -0.3 is 14.6 Å². The molecule has 0 aromatic heterocycles. The third-order valence-corrected chi connectivity index (χ3v) is 4.99. The van der Waals surface area contributed by atoms with E-state index in [4.69, 9.17) is 32.7 Å². The van der Waals surface area contributed by atoms with Crippen molar-refractivity contribution < 1.29 is 14.6 Å². The summed E-state index contributed by atoms with van der Waals surface area (Å²) < 4.78 is 11.1. The number of aliphatic hydroxyl groups is 1. The zero-order valence-electron chi connectivity index (χ0n) is 15.5. The lowest BCUT2D eigenvalue weighted by molar-refractivity contribution is 0.0265. The average molecular weight is 405 g/mol. The number of morpholine rings is 1. The van der Waals surface area contributed by atoms with Gasteiger partial charge in [-0.15, -0.1) is 0 Å². The van der Waals surface area contributed by atoms with E-state index in [0.717, 1.165) is 58.8 Å². The van der Waals surface area contributed by atoms with Gasteiger partial charge in [-0.25, -0.2) is 0 Å². The number of halogens is 2. The third kappa shape index (κ3) is 7.99. The number of nitrogens with zero attached hydrogens (tertiary/aromatic N) is 2. The number of unbranched alkanes of at least 4 members (excludes halogenated alkanes) is 1. The Hall–Kier alpha value is -0.560. The van der Waals surface area contributed by atoms with Gasteiger partial charge in [0.15, 0.2) is 0 Å². The molecule has 1 fully saturated rings. The molecule has 26 heavy (non-hydrogen) atoms. The van der Waals surface area contributed by atoms with Gasteiger partial charge in [0.05, 0.1) is 18.2 Å². The number of benzene rings is 1. The van der Waals surface area contributed by atoms with Gasteiger partial charge in [0, 0.05) is 37.7 Å². The first kappa shape index (κ1) is 21.7. The van der Waals surface area contributed by atoms with Crippen molar-refractivity contribution in [2.45, 2.75) is 25.9 Å². The van der Waals surface area contributed by atoms with Crippen molar-refractivity contribution in [3.63, 3.8) is 0 Å². The molecule has 1 N–H and O–H groups in total. The van der Waals surface area contributed by atoms with Gasteiger partial charge in [-0.05, 0) is 31.2 Å². The van der Waals surface area contributed by atoms with E-state index in [1.54, 1.807) is 18.2 Å². The summed E-state index contributed by atoms with van der Waals surface area (Å²) in [7, 11) is 0. The van der Waals surface area contributed by atoms with E-state index in [1.165, 1.54) is 0 Å². The first-order chi connectivity index (χ1) is 12.6. The number of ether oxygens (including phenoxy) is 2. The minimum absolute atomic E-state index is 0.210. The first-order valence-corrected chi connectivity index (χ1v) is 10.1. The van der Waals surface area contributed by atoms with E-state index in [9.17, 15) is 5.11 Å². The Kier molecular flexibility index (Phi) is 10.0. The second kappa shape index (κ2) is 12.0. The standard InChI is InChI=1S/C19H30Cl2N2O3/c1-2-3-6-23(8-7-22-9-11-25-12-10-22)14-17(24)15-26-19-5-4-16(20)13-18(19)21/h4-5,13,17,24H,2-3,6-12,14-15H2,1H3. The van der Waals surface area contributed by atoms with Gasteiger partial charge in [0.25, 0.3) is 0 Å². The van der Waals surface area contributed by atoms with E-state index in [0.29, 0.717) is 22.3 Å². The summed E-state index contributed by atoms with van der Waals surface area (Å²) in [5.74, 6) is 0.545. The molecule has 1 saturated heterocycles. The molecule has 1 heterocycles. The van der Waals surface area contributed by atoms with Crippen LogP contribution in [0.15, 0.2) is 18.2 Å². The molecular weight excluding hydrogens is 375 g/mol. The number of hydrogen-bond acceptors (Lipinski definition) is 5. The number of hydrogen-bond donors (Lipinski definition) is 1. The Bertz CT molecular complexity index is 528. The van der Waals surface area contributed by atoms with Crippen LogP contribution in [0, 0.1) is 0 Å². The van der Waals surface area contributed by atoms with E-state index in [-0.39, 0.29) is 6.61 Å². The van der Waals surface area contributed by atoms with Gasteiger partial charge in [-0.1, -0.05) is 36.5 Å². The lowest BCUT2D eigenvalue weighted by Gasteiger charge is -2.31. The highest BCUT2D eigenvalue weighted by molar-refractivity contribution is 6.35. The molecule has 1 atom stereocenters. The summed E-state index contributed by atoms with van der Waals surface area (Å²) in [5.41, 5.74) is 0. The van der Waals surface area contributed by atoms with Gasteiger partial charge in [0.1, 0.15) is 18.5 Å². The van der Waals surface area contributed by atoms with Crippen molar-refractivity contribution in [3.8, 4) is 5.75 Å². The predicted octanol–water partition coefficient (Wildman–Crippen LogP) is 3.17. The molecule has 0 bridgehead atoms. The highest BCUT2D eigenvalue weighted by Gasteiger charge is 2.16. The molecular formula is C19H30Cl2N2O3. The second-order valence-corrected chi connectivity index (χ2v) is 7.49. The Morgan fingerprint density at radius 3 is 2.73 bits per heavy atom. The quantitative estimate of drug-likeness (QED) is 0.613. The Morgan fingerprint density at radius 1 is 1.27 bits per heavy atom. The highest BCUT2D eigenvalue weighted by Crippen LogP contribution is 2.27. The van der Waals surface area contributed by atoms with Crippen LogP contribution >= 0.6 is 23.2 Å². The Morgan fingerprint density at radius 2 is 2.04 bits per heavy atom. The second-order valence-electron chi connectivity index (χ2n) is 6.65. The molecule has 1 aliphatic rings. The summed E-state index contributed by atoms with van der Waals surface area (Å²) in [5, 5.41) is 11.4. The summed E-state index contributed by atoms with van der Waals surface area (Å²) in [6, 6.07) is 5.09. The lowest BCUT2D eigenvalue weighted by Crippen LogP contribution is -2.44. The lowest BCUT2D eigenvalue weighted by atomic mass is 10.2. The van der Waals surface area contributed by atoms with Gasteiger partial charge in [-0.2, -0.15) is 0 Å². The van der Waals surface area contributed by atoms with Crippen LogP contribution in [-0.2, 0) is 4.74 Å². The molecule has 2 rings (SSSR count). The van der Waals surface area contributed by atoms with Gasteiger partial charge >= 0.3 is 0 Å². The fourth-order valence-corrected chi connectivity index (χ4v) is 3.38. The van der Waals surface area contributed by atoms with Crippen molar-refractivity contribution in [3.05, 3.63) is 28.2 Å². The molecule has 1 aliphatic heterocycles. The van der Waals surface area contributed by atoms with E-state index in [2.05, 4.69) is 16.7 Å². The van der Waals surface area contributed by atoms with Gasteiger partial charge in [0.2, 0.25) is 0 Å². The van der Waals surface area contributed by atoms with Crippen molar-refractivity contribution in [1.29, 1.82) is 0 Å². The van der Waals surface area contributed by atoms with E-state index < -0.39 is 6.10 Å². The van der Waals surface area contributed by atoms with E-state index in [1.807, 2.05) is 0 Å². The monoisotopic (exact) mass is 404 g/mol. The third-order valence-electron chi connectivity index (χ3n) is 4.46. The molecule has 148 valence electrons. The minimum Gasteiger partial charge on any atom is -0.489 e. The molecule has 0 aliphatic carbocycles. The molecule has 0 spiro atoms. The molecule has 1 aromatic rings. The van der Waals surface area contributed by atoms with Crippen molar-refractivity contribution in [1.82, 2.24) is 9.80 Å². The largest absolute Gasteiger partial charge is 0.489 e. The van der Waals surface area contributed by atoms with Crippen LogP contribution in [0.3, 0.4) is 0 Å². The molecule has 0 saturated carbocycles. The first-order valence-electron chi connectivity index (χ1n) is 9.37. The fourth-order valence-electron chi connectivity index (χ4n) is 2.91. The van der Waals surface area contributed by atoms with E-state index >= 15 is 0 Å². The SMILES string of the molecule is CCCCN(CCN1CCOCC1)CC(O)COc1ccc(Cl)cc1Cl. The molecule has 1 unspecified atom stereocenters. The average Bonchev–Trinajstić information content (AvgIpc) is 2.64. The smallest absolute Gasteiger partial charge is 0.138 e. The van der Waals surface area contributed by atoms with Gasteiger partial charge in [-0.3, -0.25) is 9.80 Å². The highest BCUT2D eigenvalue weighted by atomic mass is 35.5. The Balaban J connectivity index is 1.77. The topological polar surface area (TPSA) is 45.2 Å². The fraction of sp³-hybridized carbons (Fsp3) is 0.684. The number of rotatable bonds is 11. The van der Waals surface area contributed by atoms with Crippen LogP contribution in [0.4, 0.5) is 0 Å². The van der Waals surface area contributed by atoms with Crippen molar-refractivity contribution in [2.24, 2.45) is 0 Å². The molecule has 1 aromatic carbocycles. The molecule has 0 amide bonds. The molecule has 7 heteroatoms. The summed E-state index contributed by atoms with van der Waals surface area (Å²) in [6.45, 7) is 9.52. The molecule has 5 nitrogen and oxygen atoms in total. The minimum atomic E-state index is -0.566. The maximum absolute atomic E-state index is 10.4. The zero-order chi connectivity index (χ0) is 18.8. The van der Waals surface area contributed by atoms with Crippen LogP contribution in [0.1, 0.15) is 19.8 Å². The normalized spacial score (nSPS) is 16.8. The number of aliphatic hydroxyl groups excluding tert-OH is 1. The molecule has 0 radical (unpaired) electrons. The van der Waals surface area contributed by atoms with Crippen molar-refractivity contribution >= 4 is 23.2 Å². The van der Waals surface area contributed by atoms with Crippen LogP contribution in [-0.4, -0.2) is 80.1 Å². The predicted molar refractivity (Wildman–Crippen MR) is 107 cm³/mol. The van der Waals surface area contributed by atoms with Crippen LogP contribution in [0.2, 0.25) is 10.0 Å². The maximum Gasteiger partial charge on any atom is 0.138 e. The maximum atomic E-state index is 10.4. The zero-order valence-corrected chi connectivity index (χ0v) is 17.0. The summed E-state index contributed by atoms with van der Waals surface area (Å²) in [6.07, 6.45) is 1.70. The Labute approximate surface area is 166 Å². The van der Waals surface area contributed by atoms with Crippen LogP contribution < -0.4 is 4.74 Å². The van der Waals surface area contributed by atoms with Crippen molar-refractivity contribution in [2.75, 3.05) is 59.1 Å². The summed E-state index contributed by atoms with van der Waals surface area (Å²) in [4.78, 5) is 4.73.